The summed E-state index contributed by atoms with van der Waals surface area (Å²) in [5, 5.41) is 7.57. The smallest absolute Gasteiger partial charge is 0.240 e. The van der Waals surface area contributed by atoms with Crippen molar-refractivity contribution in [3.05, 3.63) is 28.8 Å². The second-order valence-corrected chi connectivity index (χ2v) is 6.78. The predicted octanol–water partition coefficient (Wildman–Crippen LogP) is 4.05. The number of rotatable bonds is 5. The third-order valence-electron chi connectivity index (χ3n) is 4.21. The van der Waals surface area contributed by atoms with Crippen LogP contribution in [0.5, 0.6) is 0 Å². The Hall–Kier alpha value is -1.88. The molecule has 0 bridgehead atoms. The molecular weight excluding hydrogens is 326 g/mol. The average molecular weight is 350 g/mol. The van der Waals surface area contributed by atoms with E-state index in [1.807, 2.05) is 6.92 Å². The zero-order chi connectivity index (χ0) is 17.5. The number of benzene rings is 1. The summed E-state index contributed by atoms with van der Waals surface area (Å²) >= 11 is 6.02. The highest BCUT2D eigenvalue weighted by molar-refractivity contribution is 6.31. The SMILES string of the molecule is Cc1c(Cl)cccc1NC(=O)CCC(=O)NN=C1CCC[C@@H](C)C1. The molecule has 0 saturated heterocycles. The fourth-order valence-corrected chi connectivity index (χ4v) is 2.92. The minimum atomic E-state index is -0.237. The van der Waals surface area contributed by atoms with E-state index in [1.165, 1.54) is 6.42 Å². The lowest BCUT2D eigenvalue weighted by Gasteiger charge is -2.18. The Morgan fingerprint density at radius 2 is 2.04 bits per heavy atom. The first-order valence-electron chi connectivity index (χ1n) is 8.35. The minimum Gasteiger partial charge on any atom is -0.326 e. The molecule has 2 N–H and O–H groups in total. The molecule has 2 rings (SSSR count). The Bertz CT molecular complexity index is 643. The Kier molecular flexibility index (Phi) is 6.79. The molecule has 1 fully saturated rings. The van der Waals surface area contributed by atoms with Crippen LogP contribution in [0.4, 0.5) is 5.69 Å². The van der Waals surface area contributed by atoms with Gasteiger partial charge >= 0.3 is 0 Å². The number of anilines is 1. The number of hydrogen-bond acceptors (Lipinski definition) is 3. The summed E-state index contributed by atoms with van der Waals surface area (Å²) < 4.78 is 0. The van der Waals surface area contributed by atoms with E-state index in [2.05, 4.69) is 22.8 Å². The molecule has 1 atom stereocenters. The van der Waals surface area contributed by atoms with Gasteiger partial charge in [-0.2, -0.15) is 5.10 Å². The van der Waals surface area contributed by atoms with Crippen molar-refractivity contribution in [2.24, 2.45) is 11.0 Å². The van der Waals surface area contributed by atoms with Crippen molar-refractivity contribution in [3.63, 3.8) is 0 Å². The van der Waals surface area contributed by atoms with Gasteiger partial charge in [-0.25, -0.2) is 5.43 Å². The molecule has 6 heteroatoms. The number of amides is 2. The van der Waals surface area contributed by atoms with E-state index in [4.69, 9.17) is 11.6 Å². The second kappa shape index (κ2) is 8.83. The highest BCUT2D eigenvalue weighted by atomic mass is 35.5. The summed E-state index contributed by atoms with van der Waals surface area (Å²) in [5.41, 5.74) is 5.09. The average Bonchev–Trinajstić information content (AvgIpc) is 2.55. The molecule has 2 amide bonds. The maximum absolute atomic E-state index is 12.0. The van der Waals surface area contributed by atoms with E-state index in [9.17, 15) is 9.59 Å². The van der Waals surface area contributed by atoms with Crippen LogP contribution in [0.2, 0.25) is 5.02 Å². The molecule has 24 heavy (non-hydrogen) atoms. The van der Waals surface area contributed by atoms with Crippen LogP contribution in [0.25, 0.3) is 0 Å². The van der Waals surface area contributed by atoms with Gasteiger partial charge in [-0.3, -0.25) is 9.59 Å². The largest absolute Gasteiger partial charge is 0.326 e. The van der Waals surface area contributed by atoms with E-state index >= 15 is 0 Å². The van der Waals surface area contributed by atoms with Crippen molar-refractivity contribution in [2.75, 3.05) is 5.32 Å². The lowest BCUT2D eigenvalue weighted by Crippen LogP contribution is -2.23. The second-order valence-electron chi connectivity index (χ2n) is 6.38. The normalized spacial score (nSPS) is 19.1. The molecule has 0 radical (unpaired) electrons. The van der Waals surface area contributed by atoms with Crippen LogP contribution in [0.1, 0.15) is 51.0 Å². The van der Waals surface area contributed by atoms with E-state index in [1.54, 1.807) is 18.2 Å². The predicted molar refractivity (Wildman–Crippen MR) is 97.3 cm³/mol. The van der Waals surface area contributed by atoms with Crippen molar-refractivity contribution in [1.29, 1.82) is 0 Å². The first-order valence-corrected chi connectivity index (χ1v) is 8.72. The zero-order valence-corrected chi connectivity index (χ0v) is 14.9. The minimum absolute atomic E-state index is 0.109. The Morgan fingerprint density at radius 3 is 2.79 bits per heavy atom. The van der Waals surface area contributed by atoms with Crippen molar-refractivity contribution >= 4 is 34.8 Å². The van der Waals surface area contributed by atoms with Gasteiger partial charge in [-0.05, 0) is 56.2 Å². The number of nitrogens with zero attached hydrogens (tertiary/aromatic N) is 1. The van der Waals surface area contributed by atoms with Crippen molar-refractivity contribution in [2.45, 2.75) is 52.4 Å². The van der Waals surface area contributed by atoms with E-state index in [0.717, 1.165) is 30.5 Å². The molecule has 5 nitrogen and oxygen atoms in total. The van der Waals surface area contributed by atoms with Crippen LogP contribution in [-0.4, -0.2) is 17.5 Å². The zero-order valence-electron chi connectivity index (χ0n) is 14.2. The van der Waals surface area contributed by atoms with E-state index in [0.29, 0.717) is 16.6 Å². The maximum Gasteiger partial charge on any atom is 0.240 e. The quantitative estimate of drug-likeness (QED) is 0.787. The molecule has 0 heterocycles. The number of carbonyl (C=O) groups is 2. The van der Waals surface area contributed by atoms with Gasteiger partial charge in [0.15, 0.2) is 0 Å². The molecule has 1 saturated carbocycles. The number of hydrogen-bond donors (Lipinski definition) is 2. The summed E-state index contributed by atoms with van der Waals surface area (Å²) in [4.78, 5) is 23.8. The van der Waals surface area contributed by atoms with Gasteiger partial charge in [0.05, 0.1) is 0 Å². The lowest BCUT2D eigenvalue weighted by molar-refractivity contribution is -0.124. The van der Waals surface area contributed by atoms with Crippen LogP contribution >= 0.6 is 11.6 Å². The summed E-state index contributed by atoms with van der Waals surface area (Å²) in [6, 6.07) is 5.33. The molecule has 130 valence electrons. The molecule has 1 aromatic carbocycles. The van der Waals surface area contributed by atoms with Crippen LogP contribution < -0.4 is 10.7 Å². The molecule has 0 aromatic heterocycles. The van der Waals surface area contributed by atoms with E-state index in [-0.39, 0.29) is 24.7 Å². The highest BCUT2D eigenvalue weighted by Crippen LogP contribution is 2.23. The van der Waals surface area contributed by atoms with Crippen molar-refractivity contribution in [3.8, 4) is 0 Å². The summed E-state index contributed by atoms with van der Waals surface area (Å²) in [5.74, 6) is 0.175. The third kappa shape index (κ3) is 5.64. The Morgan fingerprint density at radius 1 is 1.29 bits per heavy atom. The number of carbonyl (C=O) groups excluding carboxylic acids is 2. The van der Waals surface area contributed by atoms with Crippen LogP contribution in [0.15, 0.2) is 23.3 Å². The Balaban J connectivity index is 1.76. The fraction of sp³-hybridized carbons (Fsp3) is 0.500. The standard InChI is InChI=1S/C18H24ClN3O2/c1-12-5-3-6-14(11-12)21-22-18(24)10-9-17(23)20-16-8-4-7-15(19)13(16)2/h4,7-8,12H,3,5-6,9-11H2,1-2H3,(H,20,23)(H,22,24)/t12-/m1/s1. The van der Waals surface area contributed by atoms with Gasteiger partial charge in [-0.1, -0.05) is 24.6 Å². The molecule has 0 unspecified atom stereocenters. The molecular formula is C18H24ClN3O2. The highest BCUT2D eigenvalue weighted by Gasteiger charge is 2.14. The number of halogens is 1. The topological polar surface area (TPSA) is 70.6 Å². The van der Waals surface area contributed by atoms with Crippen molar-refractivity contribution in [1.82, 2.24) is 5.43 Å². The maximum atomic E-state index is 12.0. The fourth-order valence-electron chi connectivity index (χ4n) is 2.74. The van der Waals surface area contributed by atoms with Gasteiger partial charge < -0.3 is 5.32 Å². The first kappa shape index (κ1) is 18.5. The lowest BCUT2D eigenvalue weighted by atomic mass is 9.89. The molecule has 1 aliphatic carbocycles. The molecule has 1 aliphatic rings. The number of nitrogens with one attached hydrogen (secondary N) is 2. The van der Waals surface area contributed by atoms with Crippen LogP contribution in [0.3, 0.4) is 0 Å². The summed E-state index contributed by atoms with van der Waals surface area (Å²) in [6.07, 6.45) is 4.44. The van der Waals surface area contributed by atoms with Gasteiger partial charge in [0, 0.05) is 29.3 Å². The first-order chi connectivity index (χ1) is 11.5. The van der Waals surface area contributed by atoms with Gasteiger partial charge in [-0.15, -0.1) is 0 Å². The van der Waals surface area contributed by atoms with Crippen LogP contribution in [0, 0.1) is 12.8 Å². The van der Waals surface area contributed by atoms with Gasteiger partial charge in [0.25, 0.3) is 0 Å². The van der Waals surface area contributed by atoms with Gasteiger partial charge in [0.1, 0.15) is 0 Å². The van der Waals surface area contributed by atoms with Crippen molar-refractivity contribution < 1.29 is 9.59 Å². The van der Waals surface area contributed by atoms with E-state index < -0.39 is 0 Å². The third-order valence-corrected chi connectivity index (χ3v) is 4.62. The Labute approximate surface area is 147 Å². The molecule has 0 aliphatic heterocycles. The molecule has 1 aromatic rings. The van der Waals surface area contributed by atoms with Gasteiger partial charge in [0.2, 0.25) is 11.8 Å². The number of hydrazone groups is 1. The summed E-state index contributed by atoms with van der Waals surface area (Å²) in [6.45, 7) is 4.03. The van der Waals surface area contributed by atoms with Crippen LogP contribution in [-0.2, 0) is 9.59 Å². The monoisotopic (exact) mass is 349 g/mol. The molecule has 0 spiro atoms. The summed E-state index contributed by atoms with van der Waals surface area (Å²) in [7, 11) is 0.